The summed E-state index contributed by atoms with van der Waals surface area (Å²) < 4.78 is 69.7. The van der Waals surface area contributed by atoms with E-state index >= 15 is 0 Å². The minimum Gasteiger partial charge on any atom is -0.497 e. The highest BCUT2D eigenvalue weighted by Crippen LogP contribution is 2.36. The number of fused-ring (bicyclic) bond motifs is 2. The number of hydrogen-bond donors (Lipinski definition) is 2. The maximum absolute atomic E-state index is 13.1. The molecule has 0 aliphatic carbocycles. The number of benzene rings is 2. The Morgan fingerprint density at radius 3 is 2.47 bits per heavy atom. The van der Waals surface area contributed by atoms with Crippen molar-refractivity contribution in [3.8, 4) is 5.75 Å². The van der Waals surface area contributed by atoms with Crippen molar-refractivity contribution in [1.82, 2.24) is 0 Å². The lowest BCUT2D eigenvalue weighted by Gasteiger charge is -2.25. The number of halogens is 3. The van der Waals surface area contributed by atoms with Gasteiger partial charge < -0.3 is 15.2 Å². The number of methoxy groups -OCH3 is 1. The molecule has 1 unspecified atom stereocenters. The molecule has 2 aromatic carbocycles. The first-order valence-electron chi connectivity index (χ1n) is 8.47. The molecule has 2 N–H and O–H groups in total. The fourth-order valence-electron chi connectivity index (χ4n) is 2.96. The summed E-state index contributed by atoms with van der Waals surface area (Å²) >= 11 is 0. The van der Waals surface area contributed by atoms with Gasteiger partial charge in [0.2, 0.25) is 5.60 Å². The van der Waals surface area contributed by atoms with Crippen LogP contribution in [0, 0.1) is 0 Å². The Morgan fingerprint density at radius 2 is 1.87 bits per heavy atom. The molecule has 3 rings (SSSR count). The second-order valence-electron chi connectivity index (χ2n) is 6.81. The van der Waals surface area contributed by atoms with Gasteiger partial charge in [0.25, 0.3) is 5.91 Å². The number of sulfone groups is 1. The van der Waals surface area contributed by atoms with E-state index in [1.54, 1.807) is 0 Å². The van der Waals surface area contributed by atoms with E-state index in [-0.39, 0.29) is 18.1 Å². The van der Waals surface area contributed by atoms with Gasteiger partial charge in [0, 0.05) is 5.56 Å². The van der Waals surface area contributed by atoms with Gasteiger partial charge in [0.1, 0.15) is 5.75 Å². The number of carbonyl (C=O) groups excluding carboxylic acids is 2. The molecule has 0 fully saturated rings. The highest BCUT2D eigenvalue weighted by molar-refractivity contribution is 7.90. The minimum absolute atomic E-state index is 0.00223. The zero-order valence-corrected chi connectivity index (χ0v) is 16.5. The average Bonchev–Trinajstić information content (AvgIpc) is 2.73. The van der Waals surface area contributed by atoms with Crippen molar-refractivity contribution >= 4 is 27.2 Å². The second kappa shape index (κ2) is 7.10. The number of ether oxygens (including phenoxy) is 1. The number of amides is 1. The van der Waals surface area contributed by atoms with Crippen LogP contribution in [0.5, 0.6) is 5.75 Å². The van der Waals surface area contributed by atoms with E-state index < -0.39 is 55.2 Å². The first kappa shape index (κ1) is 21.8. The number of rotatable bonds is 3. The predicted octanol–water partition coefficient (Wildman–Crippen LogP) is 2.47. The third kappa shape index (κ3) is 3.54. The summed E-state index contributed by atoms with van der Waals surface area (Å²) in [5.74, 6) is -2.88. The third-order valence-electron chi connectivity index (χ3n) is 4.73. The molecule has 1 aliphatic rings. The van der Waals surface area contributed by atoms with Gasteiger partial charge >= 0.3 is 6.18 Å². The molecule has 1 heterocycles. The van der Waals surface area contributed by atoms with Gasteiger partial charge in [-0.2, -0.15) is 13.2 Å². The number of hydrogen-bond acceptors (Lipinski definition) is 6. The zero-order chi connectivity index (χ0) is 22.5. The van der Waals surface area contributed by atoms with Crippen molar-refractivity contribution in [2.75, 3.05) is 12.4 Å². The van der Waals surface area contributed by atoms with E-state index in [0.29, 0.717) is 5.75 Å². The topological polar surface area (TPSA) is 110 Å². The number of anilines is 1. The van der Waals surface area contributed by atoms with Gasteiger partial charge in [-0.25, -0.2) is 8.42 Å². The summed E-state index contributed by atoms with van der Waals surface area (Å²) in [7, 11) is -2.72. The summed E-state index contributed by atoms with van der Waals surface area (Å²) in [6.07, 6.45) is -5.29. The average molecular weight is 443 g/mol. The molecule has 7 nitrogen and oxygen atoms in total. The molecule has 0 spiro atoms. The van der Waals surface area contributed by atoms with Crippen LogP contribution in [0.4, 0.5) is 18.9 Å². The molecular weight excluding hydrogens is 427 g/mol. The molecule has 0 saturated carbocycles. The summed E-state index contributed by atoms with van der Waals surface area (Å²) in [4.78, 5) is 24.8. The summed E-state index contributed by atoms with van der Waals surface area (Å²) in [5.41, 5.74) is -4.54. The van der Waals surface area contributed by atoms with E-state index in [2.05, 4.69) is 0 Å². The SMILES string of the molecule is COc1ccc2c(c1)CS(=O)(=O)c1cccc(NC(=O)C(C)(O)C(F)(F)F)c1C2=O. The fraction of sp³-hybridized carbons (Fsp3) is 0.263. The van der Waals surface area contributed by atoms with Crippen LogP contribution in [0.1, 0.15) is 28.4 Å². The van der Waals surface area contributed by atoms with E-state index in [9.17, 15) is 36.3 Å². The number of alkyl halides is 3. The largest absolute Gasteiger partial charge is 0.497 e. The highest BCUT2D eigenvalue weighted by Gasteiger charge is 2.56. The summed E-state index contributed by atoms with van der Waals surface area (Å²) in [5, 5.41) is 11.4. The van der Waals surface area contributed by atoms with E-state index in [4.69, 9.17) is 4.74 Å². The molecule has 11 heteroatoms. The van der Waals surface area contributed by atoms with E-state index in [0.717, 1.165) is 12.1 Å². The molecule has 0 bridgehead atoms. The van der Waals surface area contributed by atoms with E-state index in [1.807, 2.05) is 5.32 Å². The molecule has 160 valence electrons. The fourth-order valence-corrected chi connectivity index (χ4v) is 4.56. The third-order valence-corrected chi connectivity index (χ3v) is 6.43. The second-order valence-corrected chi connectivity index (χ2v) is 8.77. The normalized spacial score (nSPS) is 17.2. The van der Waals surface area contributed by atoms with Crippen LogP contribution in [0.2, 0.25) is 0 Å². The smallest absolute Gasteiger partial charge is 0.426 e. The number of ketones is 1. The summed E-state index contributed by atoms with van der Waals surface area (Å²) in [6, 6.07) is 7.55. The monoisotopic (exact) mass is 443 g/mol. The predicted molar refractivity (Wildman–Crippen MR) is 99.1 cm³/mol. The molecular formula is C19H16F3NO6S. The minimum atomic E-state index is -5.29. The number of aliphatic hydroxyl groups is 1. The van der Waals surface area contributed by atoms with Gasteiger partial charge in [-0.05, 0) is 42.8 Å². The van der Waals surface area contributed by atoms with Crippen molar-refractivity contribution in [3.63, 3.8) is 0 Å². The van der Waals surface area contributed by atoms with Crippen LogP contribution in [0.3, 0.4) is 0 Å². The first-order valence-corrected chi connectivity index (χ1v) is 10.1. The molecule has 0 aromatic heterocycles. The van der Waals surface area contributed by atoms with Crippen LogP contribution >= 0.6 is 0 Å². The molecule has 30 heavy (non-hydrogen) atoms. The number of nitrogens with one attached hydrogen (secondary N) is 1. The molecule has 0 radical (unpaired) electrons. The highest BCUT2D eigenvalue weighted by atomic mass is 32.2. The van der Waals surface area contributed by atoms with Crippen molar-refractivity contribution in [3.05, 3.63) is 53.1 Å². The van der Waals surface area contributed by atoms with Gasteiger partial charge in [0.15, 0.2) is 15.6 Å². The Labute approximate surface area is 169 Å². The Hall–Kier alpha value is -2.92. The Bertz CT molecular complexity index is 1160. The standard InChI is InChI=1S/C19H16F3NO6S/c1-18(26,19(20,21)22)17(25)23-13-4-3-5-14-15(13)16(24)12-7-6-11(29-2)8-10(12)9-30(14,27)28/h3-8,26H,9H2,1-2H3,(H,23,25). The van der Waals surface area contributed by atoms with E-state index in [1.165, 1.54) is 31.4 Å². The van der Waals surface area contributed by atoms with Crippen LogP contribution in [-0.4, -0.2) is 44.1 Å². The lowest BCUT2D eigenvalue weighted by molar-refractivity contribution is -0.242. The van der Waals surface area contributed by atoms with Crippen molar-refractivity contribution < 1.29 is 41.0 Å². The van der Waals surface area contributed by atoms with Crippen LogP contribution in [0.25, 0.3) is 0 Å². The van der Waals surface area contributed by atoms with Crippen molar-refractivity contribution in [1.29, 1.82) is 0 Å². The quantitative estimate of drug-likeness (QED) is 0.754. The lowest BCUT2D eigenvalue weighted by Crippen LogP contribution is -2.52. The Kier molecular flexibility index (Phi) is 5.15. The molecule has 1 aliphatic heterocycles. The molecule has 1 atom stereocenters. The number of carbonyl (C=O) groups is 2. The molecule has 2 aromatic rings. The van der Waals surface area contributed by atoms with Gasteiger partial charge in [-0.3, -0.25) is 9.59 Å². The van der Waals surface area contributed by atoms with Crippen molar-refractivity contribution in [2.24, 2.45) is 0 Å². The van der Waals surface area contributed by atoms with Gasteiger partial charge in [0.05, 0.1) is 29.0 Å². The maximum atomic E-state index is 13.1. The molecule has 1 amide bonds. The van der Waals surface area contributed by atoms with Gasteiger partial charge in [-0.1, -0.05) is 6.07 Å². The zero-order valence-electron chi connectivity index (χ0n) is 15.7. The Balaban J connectivity index is 2.17. The van der Waals surface area contributed by atoms with Crippen LogP contribution in [0.15, 0.2) is 41.3 Å². The lowest BCUT2D eigenvalue weighted by atomic mass is 9.97. The summed E-state index contributed by atoms with van der Waals surface area (Å²) in [6.45, 7) is 0.254. The first-order chi connectivity index (χ1) is 13.8. The molecule has 0 saturated heterocycles. The Morgan fingerprint density at radius 1 is 1.20 bits per heavy atom. The van der Waals surface area contributed by atoms with Crippen molar-refractivity contribution in [2.45, 2.75) is 29.3 Å². The van der Waals surface area contributed by atoms with Crippen LogP contribution < -0.4 is 10.1 Å². The maximum Gasteiger partial charge on any atom is 0.426 e. The van der Waals surface area contributed by atoms with Crippen LogP contribution in [-0.2, 0) is 20.4 Å². The van der Waals surface area contributed by atoms with Gasteiger partial charge in [-0.15, -0.1) is 0 Å².